The first-order chi connectivity index (χ1) is 15.2. The molecular formula is C22H30N4O6S. The number of nitrogens with one attached hydrogen (secondary N) is 2. The third-order valence-electron chi connectivity index (χ3n) is 7.74. The smallest absolute Gasteiger partial charge is 0.273 e. The minimum absolute atomic E-state index is 0.134. The summed E-state index contributed by atoms with van der Waals surface area (Å²) < 4.78 is 28.3. The van der Waals surface area contributed by atoms with Gasteiger partial charge < -0.3 is 11.1 Å². The molecule has 0 aliphatic heterocycles. The van der Waals surface area contributed by atoms with Crippen LogP contribution in [0.3, 0.4) is 0 Å². The lowest BCUT2D eigenvalue weighted by Crippen LogP contribution is -2.65. The average molecular weight is 479 g/mol. The molecule has 2 unspecified atom stereocenters. The van der Waals surface area contributed by atoms with Crippen LogP contribution in [0.4, 0.5) is 5.69 Å². The van der Waals surface area contributed by atoms with Crippen molar-refractivity contribution in [1.82, 2.24) is 10.0 Å². The second-order valence-electron chi connectivity index (χ2n) is 10.5. The fourth-order valence-corrected chi connectivity index (χ4v) is 7.68. The molecular weight excluding hydrogens is 448 g/mol. The molecule has 5 rings (SSSR count). The predicted molar refractivity (Wildman–Crippen MR) is 119 cm³/mol. The number of benzene rings is 1. The maximum Gasteiger partial charge on any atom is 0.273 e. The second kappa shape index (κ2) is 7.76. The van der Waals surface area contributed by atoms with Gasteiger partial charge in [0, 0.05) is 23.1 Å². The van der Waals surface area contributed by atoms with Gasteiger partial charge in [-0.1, -0.05) is 6.07 Å². The van der Waals surface area contributed by atoms with Crippen molar-refractivity contribution in [1.29, 1.82) is 0 Å². The minimum Gasteiger partial charge on any atom is -0.369 e. The van der Waals surface area contributed by atoms with E-state index in [1.165, 1.54) is 32.9 Å². The molecule has 11 heteroatoms. The number of primary amides is 1. The van der Waals surface area contributed by atoms with Gasteiger partial charge in [0.1, 0.15) is 5.54 Å². The fraction of sp³-hybridized carbons (Fsp3) is 0.636. The topological polar surface area (TPSA) is 162 Å². The highest BCUT2D eigenvalue weighted by Crippen LogP contribution is 2.59. The van der Waals surface area contributed by atoms with Crippen LogP contribution in [-0.4, -0.2) is 36.7 Å². The Hall–Kier alpha value is -2.53. The number of hydrogen-bond donors (Lipinski definition) is 3. The number of hydrogen-bond acceptors (Lipinski definition) is 6. The molecule has 0 saturated heterocycles. The van der Waals surface area contributed by atoms with Crippen LogP contribution in [0.1, 0.15) is 51.5 Å². The van der Waals surface area contributed by atoms with Crippen molar-refractivity contribution in [2.75, 3.05) is 0 Å². The van der Waals surface area contributed by atoms with E-state index in [2.05, 4.69) is 10.0 Å². The van der Waals surface area contributed by atoms with Crippen molar-refractivity contribution in [2.24, 2.45) is 28.9 Å². The zero-order valence-corrected chi connectivity index (χ0v) is 19.8. The zero-order chi connectivity index (χ0) is 24.3. The highest BCUT2D eigenvalue weighted by atomic mass is 32.2. The number of nitrogens with two attached hydrogens (primary N) is 1. The Labute approximate surface area is 192 Å². The molecule has 10 nitrogen and oxygen atoms in total. The van der Waals surface area contributed by atoms with E-state index in [-0.39, 0.29) is 34.4 Å². The van der Waals surface area contributed by atoms with Gasteiger partial charge in [-0.15, -0.1) is 0 Å². The molecule has 4 fully saturated rings. The second-order valence-corrected chi connectivity index (χ2v) is 12.2. The molecule has 0 heterocycles. The Kier molecular flexibility index (Phi) is 5.56. The lowest BCUT2D eigenvalue weighted by molar-refractivity contribution is -0.385. The van der Waals surface area contributed by atoms with Crippen LogP contribution in [0, 0.1) is 40.2 Å². The maximum atomic E-state index is 13.2. The fourth-order valence-electron chi connectivity index (χ4n) is 6.29. The van der Waals surface area contributed by atoms with E-state index in [0.29, 0.717) is 24.3 Å². The summed E-state index contributed by atoms with van der Waals surface area (Å²) in [5.41, 5.74) is 3.79. The van der Waals surface area contributed by atoms with Gasteiger partial charge in [-0.05, 0) is 76.7 Å². The van der Waals surface area contributed by atoms with Gasteiger partial charge in [0.2, 0.25) is 21.8 Å². The van der Waals surface area contributed by atoms with E-state index >= 15 is 0 Å². The Balaban J connectivity index is 1.49. The summed E-state index contributed by atoms with van der Waals surface area (Å²) in [6.07, 6.45) is 3.98. The van der Waals surface area contributed by atoms with E-state index in [9.17, 15) is 28.1 Å². The Bertz CT molecular complexity index is 1120. The van der Waals surface area contributed by atoms with Crippen LogP contribution in [0.25, 0.3) is 0 Å². The molecule has 1 aromatic carbocycles. The average Bonchev–Trinajstić information content (AvgIpc) is 2.69. The van der Waals surface area contributed by atoms with Gasteiger partial charge in [-0.2, -0.15) is 4.72 Å². The third kappa shape index (κ3) is 4.12. The van der Waals surface area contributed by atoms with Crippen molar-refractivity contribution < 1.29 is 22.9 Å². The van der Waals surface area contributed by atoms with Crippen LogP contribution in [0.5, 0.6) is 0 Å². The molecule has 4 aliphatic rings. The summed E-state index contributed by atoms with van der Waals surface area (Å²) >= 11 is 0. The van der Waals surface area contributed by atoms with E-state index in [4.69, 9.17) is 5.73 Å². The molecule has 180 valence electrons. The van der Waals surface area contributed by atoms with Crippen molar-refractivity contribution in [3.63, 3.8) is 0 Å². The van der Waals surface area contributed by atoms with Crippen LogP contribution in [0.15, 0.2) is 23.1 Å². The summed E-state index contributed by atoms with van der Waals surface area (Å²) in [7, 11) is -4.19. The number of amides is 2. The highest BCUT2D eigenvalue weighted by Gasteiger charge is 2.58. The first-order valence-corrected chi connectivity index (χ1v) is 12.6. The maximum absolute atomic E-state index is 13.2. The number of nitro benzene ring substituents is 1. The molecule has 2 atom stereocenters. The molecule has 0 spiro atoms. The zero-order valence-electron chi connectivity index (χ0n) is 19.0. The summed E-state index contributed by atoms with van der Waals surface area (Å²) in [5, 5.41) is 14.2. The van der Waals surface area contributed by atoms with Crippen molar-refractivity contribution in [2.45, 2.75) is 69.4 Å². The number of nitrogens with zero attached hydrogens (tertiary/aromatic N) is 1. The first-order valence-electron chi connectivity index (χ1n) is 11.1. The molecule has 2 amide bonds. The van der Waals surface area contributed by atoms with Gasteiger partial charge >= 0.3 is 0 Å². The molecule has 0 aromatic heterocycles. The molecule has 0 radical (unpaired) electrons. The SMILES string of the molecule is Cc1ccc(S(=O)(=O)NC(C)(C)C(=O)NC2C3CC4CC2CC(C(N)=O)(C4)C3)cc1[N+](=O)[O-]. The minimum atomic E-state index is -4.19. The largest absolute Gasteiger partial charge is 0.369 e. The number of sulfonamides is 1. The normalized spacial score (nSPS) is 30.8. The lowest BCUT2D eigenvalue weighted by Gasteiger charge is -2.59. The molecule has 4 bridgehead atoms. The van der Waals surface area contributed by atoms with E-state index in [0.717, 1.165) is 25.3 Å². The van der Waals surface area contributed by atoms with Crippen molar-refractivity contribution in [3.05, 3.63) is 33.9 Å². The number of rotatable bonds is 7. The third-order valence-corrected chi connectivity index (χ3v) is 9.39. The Morgan fingerprint density at radius 1 is 1.18 bits per heavy atom. The summed E-state index contributed by atoms with van der Waals surface area (Å²) in [4.78, 5) is 35.6. The molecule has 33 heavy (non-hydrogen) atoms. The first kappa shape index (κ1) is 23.6. The molecule has 1 aromatic rings. The van der Waals surface area contributed by atoms with Gasteiger partial charge in [0.05, 0.1) is 9.82 Å². The van der Waals surface area contributed by atoms with Crippen molar-refractivity contribution in [3.8, 4) is 0 Å². The summed E-state index contributed by atoms with van der Waals surface area (Å²) in [5.74, 6) is -0.0167. The Morgan fingerprint density at radius 3 is 2.33 bits per heavy atom. The number of carbonyl (C=O) groups excluding carboxylic acids is 2. The standard InChI is InChI=1S/C22H30N4O6S/c1-12-4-5-16(8-17(12)26(29)30)33(31,32)25-21(2,3)20(28)24-18-14-6-13-7-15(18)11-22(9-13,10-14)19(23)27/h4-5,8,13-15,18,25H,6-7,9-11H2,1-3H3,(H2,23,27)(H,24,28). The van der Waals surface area contributed by atoms with Crippen molar-refractivity contribution >= 4 is 27.5 Å². The monoisotopic (exact) mass is 478 g/mol. The van der Waals surface area contributed by atoms with Crippen LogP contribution in [0.2, 0.25) is 0 Å². The van der Waals surface area contributed by atoms with Crippen LogP contribution >= 0.6 is 0 Å². The van der Waals surface area contributed by atoms with E-state index in [1.807, 2.05) is 0 Å². The molecule has 4 N–H and O–H groups in total. The van der Waals surface area contributed by atoms with Crippen LogP contribution in [-0.2, 0) is 19.6 Å². The number of carbonyl (C=O) groups is 2. The van der Waals surface area contributed by atoms with Gasteiger partial charge in [-0.25, -0.2) is 8.42 Å². The van der Waals surface area contributed by atoms with E-state index in [1.54, 1.807) is 0 Å². The van der Waals surface area contributed by atoms with Gasteiger partial charge in [0.15, 0.2) is 0 Å². The molecule has 4 saturated carbocycles. The highest BCUT2D eigenvalue weighted by molar-refractivity contribution is 7.89. The summed E-state index contributed by atoms with van der Waals surface area (Å²) in [6.45, 7) is 4.44. The number of nitro groups is 1. The van der Waals surface area contributed by atoms with Gasteiger partial charge in [0.25, 0.3) is 5.69 Å². The quantitative estimate of drug-likeness (QED) is 0.399. The summed E-state index contributed by atoms with van der Waals surface area (Å²) in [6, 6.07) is 3.50. The predicted octanol–water partition coefficient (Wildman–Crippen LogP) is 1.76. The van der Waals surface area contributed by atoms with Gasteiger partial charge in [-0.3, -0.25) is 19.7 Å². The Morgan fingerprint density at radius 2 is 1.79 bits per heavy atom. The number of aryl methyl sites for hydroxylation is 1. The molecule has 4 aliphatic carbocycles. The lowest BCUT2D eigenvalue weighted by atomic mass is 9.47. The van der Waals surface area contributed by atoms with E-state index < -0.39 is 31.8 Å². The van der Waals surface area contributed by atoms with Crippen LogP contribution < -0.4 is 15.8 Å².